The average molecular weight is 223 g/mol. The molecule has 5 heteroatoms. The molecule has 88 valence electrons. The highest BCUT2D eigenvalue weighted by Crippen LogP contribution is 2.29. The van der Waals surface area contributed by atoms with Crippen LogP contribution in [0.5, 0.6) is 0 Å². The molecule has 3 N–H and O–H groups in total. The fourth-order valence-electron chi connectivity index (χ4n) is 2.26. The summed E-state index contributed by atoms with van der Waals surface area (Å²) in [5.74, 6) is 0.411. The van der Waals surface area contributed by atoms with Crippen molar-refractivity contribution < 1.29 is 9.32 Å². The second kappa shape index (κ2) is 4.25. The lowest BCUT2D eigenvalue weighted by Crippen LogP contribution is -2.51. The molecule has 0 aromatic carbocycles. The zero-order chi connectivity index (χ0) is 11.6. The van der Waals surface area contributed by atoms with Crippen molar-refractivity contribution >= 4 is 5.91 Å². The molecule has 1 aliphatic carbocycles. The summed E-state index contributed by atoms with van der Waals surface area (Å²) in [4.78, 5) is 12.0. The van der Waals surface area contributed by atoms with Gasteiger partial charge >= 0.3 is 0 Å². The summed E-state index contributed by atoms with van der Waals surface area (Å²) in [6.07, 6.45) is 5.61. The van der Waals surface area contributed by atoms with Crippen molar-refractivity contribution in [2.75, 3.05) is 6.54 Å². The van der Waals surface area contributed by atoms with Crippen molar-refractivity contribution in [3.63, 3.8) is 0 Å². The van der Waals surface area contributed by atoms with Gasteiger partial charge in [0.25, 0.3) is 5.91 Å². The minimum atomic E-state index is -0.221. The molecule has 1 amide bonds. The molecule has 0 spiro atoms. The summed E-state index contributed by atoms with van der Waals surface area (Å²) in [6.45, 7) is 2.22. The monoisotopic (exact) mass is 223 g/mol. The zero-order valence-electron chi connectivity index (χ0n) is 9.45. The number of carbonyl (C=O) groups excluding carboxylic acids is 1. The average Bonchev–Trinajstić information content (AvgIpc) is 2.87. The Balaban J connectivity index is 2.09. The van der Waals surface area contributed by atoms with Gasteiger partial charge in [-0.15, -0.1) is 0 Å². The summed E-state index contributed by atoms with van der Waals surface area (Å²) in [5.41, 5.74) is 6.03. The molecule has 0 aliphatic heterocycles. The number of hydrogen-bond donors (Lipinski definition) is 2. The van der Waals surface area contributed by atoms with Crippen LogP contribution in [0.2, 0.25) is 0 Å². The minimum absolute atomic E-state index is 0.133. The summed E-state index contributed by atoms with van der Waals surface area (Å²) in [7, 11) is 0. The Morgan fingerprint density at radius 3 is 2.81 bits per heavy atom. The van der Waals surface area contributed by atoms with Crippen LogP contribution >= 0.6 is 0 Å². The third-order valence-electron chi connectivity index (χ3n) is 3.33. The van der Waals surface area contributed by atoms with E-state index in [-0.39, 0.29) is 11.4 Å². The van der Waals surface area contributed by atoms with E-state index in [9.17, 15) is 4.79 Å². The van der Waals surface area contributed by atoms with Gasteiger partial charge in [0.2, 0.25) is 0 Å². The van der Waals surface area contributed by atoms with Gasteiger partial charge in [-0.25, -0.2) is 0 Å². The molecular weight excluding hydrogens is 206 g/mol. The molecule has 0 saturated heterocycles. The van der Waals surface area contributed by atoms with Gasteiger partial charge in [0.15, 0.2) is 0 Å². The Morgan fingerprint density at radius 2 is 2.31 bits per heavy atom. The van der Waals surface area contributed by atoms with Gasteiger partial charge in [-0.2, -0.15) is 0 Å². The molecule has 5 nitrogen and oxygen atoms in total. The number of nitrogens with one attached hydrogen (secondary N) is 1. The molecule has 1 fully saturated rings. The second-order valence-corrected chi connectivity index (χ2v) is 4.44. The van der Waals surface area contributed by atoms with Crippen molar-refractivity contribution in [1.82, 2.24) is 10.5 Å². The lowest BCUT2D eigenvalue weighted by atomic mass is 9.97. The molecule has 1 aromatic rings. The highest BCUT2D eigenvalue weighted by Gasteiger charge is 2.34. The molecule has 0 atom stereocenters. The van der Waals surface area contributed by atoms with Gasteiger partial charge in [-0.1, -0.05) is 18.0 Å². The van der Waals surface area contributed by atoms with Crippen LogP contribution in [0.3, 0.4) is 0 Å². The van der Waals surface area contributed by atoms with Crippen LogP contribution in [0.1, 0.15) is 41.8 Å². The Hall–Kier alpha value is -1.36. The van der Waals surface area contributed by atoms with E-state index in [0.29, 0.717) is 17.9 Å². The standard InChI is InChI=1S/C11H17N3O2/c1-8-9(6-13-16-8)10(15)14-11(7-12)4-2-3-5-11/h6H,2-5,7,12H2,1H3,(H,14,15). The third kappa shape index (κ3) is 1.95. The number of rotatable bonds is 3. The third-order valence-corrected chi connectivity index (χ3v) is 3.33. The first kappa shape index (κ1) is 11.1. The van der Waals surface area contributed by atoms with Crippen LogP contribution in [0, 0.1) is 6.92 Å². The summed E-state index contributed by atoms with van der Waals surface area (Å²) in [5, 5.41) is 6.62. The predicted octanol–water partition coefficient (Wildman–Crippen LogP) is 0.984. The van der Waals surface area contributed by atoms with Crippen LogP contribution in [0.15, 0.2) is 10.7 Å². The van der Waals surface area contributed by atoms with Crippen LogP contribution in [-0.2, 0) is 0 Å². The van der Waals surface area contributed by atoms with E-state index in [1.54, 1.807) is 6.92 Å². The molecule has 1 saturated carbocycles. The number of aromatic nitrogens is 1. The van der Waals surface area contributed by atoms with Crippen molar-refractivity contribution in [2.24, 2.45) is 5.73 Å². The number of carbonyl (C=O) groups is 1. The Morgan fingerprint density at radius 1 is 1.62 bits per heavy atom. The molecule has 0 unspecified atom stereocenters. The van der Waals surface area contributed by atoms with Crippen molar-refractivity contribution in [1.29, 1.82) is 0 Å². The summed E-state index contributed by atoms with van der Waals surface area (Å²) < 4.78 is 4.87. The second-order valence-electron chi connectivity index (χ2n) is 4.44. The number of hydrogen-bond acceptors (Lipinski definition) is 4. The van der Waals surface area contributed by atoms with Crippen molar-refractivity contribution in [3.05, 3.63) is 17.5 Å². The SMILES string of the molecule is Cc1oncc1C(=O)NC1(CN)CCCC1. The normalized spacial score (nSPS) is 18.6. The van der Waals surface area contributed by atoms with E-state index >= 15 is 0 Å². The van der Waals surface area contributed by atoms with Gasteiger partial charge in [0.05, 0.1) is 11.7 Å². The van der Waals surface area contributed by atoms with Crippen LogP contribution in [0.25, 0.3) is 0 Å². The molecule has 1 heterocycles. The van der Waals surface area contributed by atoms with E-state index in [1.165, 1.54) is 6.20 Å². The van der Waals surface area contributed by atoms with Gasteiger partial charge in [0, 0.05) is 6.54 Å². The lowest BCUT2D eigenvalue weighted by molar-refractivity contribution is 0.0901. The molecular formula is C11H17N3O2. The molecule has 1 aromatic heterocycles. The number of nitrogens with zero attached hydrogens (tertiary/aromatic N) is 1. The summed E-state index contributed by atoms with van der Waals surface area (Å²) in [6, 6.07) is 0. The maximum absolute atomic E-state index is 12.0. The first-order chi connectivity index (χ1) is 7.67. The number of aryl methyl sites for hydroxylation is 1. The molecule has 2 rings (SSSR count). The van der Waals surface area contributed by atoms with Crippen LogP contribution < -0.4 is 11.1 Å². The highest BCUT2D eigenvalue weighted by molar-refractivity contribution is 5.95. The smallest absolute Gasteiger partial charge is 0.256 e. The van der Waals surface area contributed by atoms with Crippen LogP contribution in [0.4, 0.5) is 0 Å². The largest absolute Gasteiger partial charge is 0.361 e. The molecule has 1 aliphatic rings. The minimum Gasteiger partial charge on any atom is -0.361 e. The zero-order valence-corrected chi connectivity index (χ0v) is 9.45. The first-order valence-corrected chi connectivity index (χ1v) is 5.61. The number of amides is 1. The fraction of sp³-hybridized carbons (Fsp3) is 0.636. The van der Waals surface area contributed by atoms with E-state index < -0.39 is 0 Å². The van der Waals surface area contributed by atoms with E-state index in [0.717, 1.165) is 25.7 Å². The molecule has 0 radical (unpaired) electrons. The Labute approximate surface area is 94.4 Å². The number of nitrogens with two attached hydrogens (primary N) is 1. The molecule has 0 bridgehead atoms. The van der Waals surface area contributed by atoms with Gasteiger partial charge in [-0.05, 0) is 19.8 Å². The van der Waals surface area contributed by atoms with Crippen molar-refractivity contribution in [3.8, 4) is 0 Å². The van der Waals surface area contributed by atoms with E-state index in [1.807, 2.05) is 0 Å². The maximum Gasteiger partial charge on any atom is 0.256 e. The van der Waals surface area contributed by atoms with Crippen LogP contribution in [-0.4, -0.2) is 23.1 Å². The molecule has 16 heavy (non-hydrogen) atoms. The van der Waals surface area contributed by atoms with Gasteiger partial charge in [-0.3, -0.25) is 4.79 Å². The fourth-order valence-corrected chi connectivity index (χ4v) is 2.26. The quantitative estimate of drug-likeness (QED) is 0.800. The maximum atomic E-state index is 12.0. The van der Waals surface area contributed by atoms with Crippen molar-refractivity contribution in [2.45, 2.75) is 38.1 Å². The topological polar surface area (TPSA) is 81.2 Å². The van der Waals surface area contributed by atoms with Gasteiger partial charge in [0.1, 0.15) is 11.3 Å². The first-order valence-electron chi connectivity index (χ1n) is 5.61. The Bertz CT molecular complexity index is 380. The van der Waals surface area contributed by atoms with E-state index in [4.69, 9.17) is 10.3 Å². The summed E-state index contributed by atoms with van der Waals surface area (Å²) >= 11 is 0. The van der Waals surface area contributed by atoms with Gasteiger partial charge < -0.3 is 15.6 Å². The lowest BCUT2D eigenvalue weighted by Gasteiger charge is -2.28. The predicted molar refractivity (Wildman–Crippen MR) is 59.0 cm³/mol. The Kier molecular flexibility index (Phi) is 2.96. The highest BCUT2D eigenvalue weighted by atomic mass is 16.5. The van der Waals surface area contributed by atoms with E-state index in [2.05, 4.69) is 10.5 Å².